The molecule has 122 valence electrons. The van der Waals surface area contributed by atoms with Crippen molar-refractivity contribution in [2.75, 3.05) is 7.11 Å². The largest absolute Gasteiger partial charge is 0.497 e. The van der Waals surface area contributed by atoms with E-state index < -0.39 is 0 Å². The van der Waals surface area contributed by atoms with Gasteiger partial charge in [-0.15, -0.1) is 0 Å². The van der Waals surface area contributed by atoms with E-state index in [0.717, 1.165) is 15.8 Å². The number of aromatic nitrogens is 1. The standard InChI is InChI=1S/C18H15BrN2O3/c1-23-16-7-5-12(6-8-16)17-10-15(21-24-17)11-20-18(22)13-3-2-4-14(19)9-13/h2-10H,11H2,1H3,(H,20,22). The van der Waals surface area contributed by atoms with Crippen molar-refractivity contribution < 1.29 is 14.1 Å². The highest BCUT2D eigenvalue weighted by Crippen LogP contribution is 2.23. The van der Waals surface area contributed by atoms with Crippen molar-refractivity contribution in [3.05, 3.63) is 70.3 Å². The van der Waals surface area contributed by atoms with Gasteiger partial charge in [-0.05, 0) is 42.5 Å². The Morgan fingerprint density at radius 2 is 2.00 bits per heavy atom. The van der Waals surface area contributed by atoms with E-state index in [1.807, 2.05) is 42.5 Å². The molecule has 24 heavy (non-hydrogen) atoms. The molecule has 3 aromatic rings. The number of amides is 1. The Bertz CT molecular complexity index is 843. The number of methoxy groups -OCH3 is 1. The van der Waals surface area contributed by atoms with E-state index in [1.54, 1.807) is 19.2 Å². The van der Waals surface area contributed by atoms with Gasteiger partial charge < -0.3 is 14.6 Å². The summed E-state index contributed by atoms with van der Waals surface area (Å²) in [5.41, 5.74) is 2.14. The summed E-state index contributed by atoms with van der Waals surface area (Å²) >= 11 is 3.35. The summed E-state index contributed by atoms with van der Waals surface area (Å²) in [6, 6.07) is 16.5. The van der Waals surface area contributed by atoms with Crippen molar-refractivity contribution in [3.8, 4) is 17.1 Å². The van der Waals surface area contributed by atoms with Gasteiger partial charge in [0.2, 0.25) is 0 Å². The van der Waals surface area contributed by atoms with Crippen LogP contribution in [0.3, 0.4) is 0 Å². The molecule has 1 N–H and O–H groups in total. The van der Waals surface area contributed by atoms with Gasteiger partial charge in [-0.3, -0.25) is 4.79 Å². The lowest BCUT2D eigenvalue weighted by atomic mass is 10.1. The first kappa shape index (κ1) is 16.3. The fourth-order valence-electron chi connectivity index (χ4n) is 2.19. The number of nitrogens with one attached hydrogen (secondary N) is 1. The van der Waals surface area contributed by atoms with Gasteiger partial charge in [-0.25, -0.2) is 0 Å². The first-order valence-electron chi connectivity index (χ1n) is 7.29. The first-order chi connectivity index (χ1) is 11.7. The van der Waals surface area contributed by atoms with Gasteiger partial charge in [0, 0.05) is 21.7 Å². The molecule has 6 heteroatoms. The number of hydrogen-bond donors (Lipinski definition) is 1. The molecule has 0 bridgehead atoms. The van der Waals surface area contributed by atoms with Gasteiger partial charge in [-0.2, -0.15) is 0 Å². The van der Waals surface area contributed by atoms with Crippen LogP contribution in [0.5, 0.6) is 5.75 Å². The fraction of sp³-hybridized carbons (Fsp3) is 0.111. The van der Waals surface area contributed by atoms with E-state index >= 15 is 0 Å². The van der Waals surface area contributed by atoms with Crippen LogP contribution in [0.4, 0.5) is 0 Å². The summed E-state index contributed by atoms with van der Waals surface area (Å²) in [6.07, 6.45) is 0. The van der Waals surface area contributed by atoms with E-state index in [2.05, 4.69) is 26.4 Å². The van der Waals surface area contributed by atoms with Crippen LogP contribution < -0.4 is 10.1 Å². The zero-order chi connectivity index (χ0) is 16.9. The number of hydrogen-bond acceptors (Lipinski definition) is 4. The van der Waals surface area contributed by atoms with Crippen LogP contribution in [0, 0.1) is 0 Å². The Kier molecular flexibility index (Phi) is 4.96. The third-order valence-electron chi connectivity index (χ3n) is 3.45. The number of carbonyl (C=O) groups excluding carboxylic acids is 1. The van der Waals surface area contributed by atoms with Crippen molar-refractivity contribution in [1.29, 1.82) is 0 Å². The van der Waals surface area contributed by atoms with Crippen LogP contribution in [0.15, 0.2) is 63.6 Å². The first-order valence-corrected chi connectivity index (χ1v) is 8.09. The zero-order valence-corrected chi connectivity index (χ0v) is 14.5. The Morgan fingerprint density at radius 3 is 2.71 bits per heavy atom. The molecular weight excluding hydrogens is 372 g/mol. The highest BCUT2D eigenvalue weighted by Gasteiger charge is 2.10. The molecule has 2 aromatic carbocycles. The normalized spacial score (nSPS) is 10.4. The summed E-state index contributed by atoms with van der Waals surface area (Å²) < 4.78 is 11.3. The van der Waals surface area contributed by atoms with Crippen molar-refractivity contribution >= 4 is 21.8 Å². The third-order valence-corrected chi connectivity index (χ3v) is 3.94. The molecule has 0 atom stereocenters. The lowest BCUT2D eigenvalue weighted by Gasteiger charge is -2.03. The minimum absolute atomic E-state index is 0.162. The molecule has 1 aromatic heterocycles. The number of carbonyl (C=O) groups is 1. The van der Waals surface area contributed by atoms with Crippen molar-refractivity contribution in [2.45, 2.75) is 6.54 Å². The van der Waals surface area contributed by atoms with Crippen molar-refractivity contribution in [1.82, 2.24) is 10.5 Å². The van der Waals surface area contributed by atoms with Crippen LogP contribution in [0.2, 0.25) is 0 Å². The van der Waals surface area contributed by atoms with E-state index in [4.69, 9.17) is 9.26 Å². The molecule has 0 radical (unpaired) electrons. The Hall–Kier alpha value is -2.60. The minimum atomic E-state index is -0.162. The molecule has 1 amide bonds. The molecule has 0 aliphatic rings. The van der Waals surface area contributed by atoms with Gasteiger partial charge >= 0.3 is 0 Å². The second-order valence-corrected chi connectivity index (χ2v) is 6.02. The molecule has 0 saturated carbocycles. The van der Waals surface area contributed by atoms with Crippen LogP contribution in [0.25, 0.3) is 11.3 Å². The maximum absolute atomic E-state index is 12.1. The molecule has 3 rings (SSSR count). The second-order valence-electron chi connectivity index (χ2n) is 5.10. The number of nitrogens with zero attached hydrogens (tertiary/aromatic N) is 1. The summed E-state index contributed by atoms with van der Waals surface area (Å²) in [6.45, 7) is 0.297. The molecular formula is C18H15BrN2O3. The maximum atomic E-state index is 12.1. The quantitative estimate of drug-likeness (QED) is 0.718. The van der Waals surface area contributed by atoms with E-state index in [1.165, 1.54) is 0 Å². The lowest BCUT2D eigenvalue weighted by molar-refractivity contribution is 0.0950. The van der Waals surface area contributed by atoms with Gasteiger partial charge in [0.15, 0.2) is 5.76 Å². The molecule has 0 spiro atoms. The predicted molar refractivity (Wildman–Crippen MR) is 93.8 cm³/mol. The lowest BCUT2D eigenvalue weighted by Crippen LogP contribution is -2.22. The Morgan fingerprint density at radius 1 is 1.21 bits per heavy atom. The molecule has 0 fully saturated rings. The summed E-state index contributed by atoms with van der Waals surface area (Å²) in [4.78, 5) is 12.1. The Balaban J connectivity index is 1.64. The molecule has 0 unspecified atom stereocenters. The van der Waals surface area contributed by atoms with Crippen LogP contribution >= 0.6 is 15.9 Å². The number of ether oxygens (including phenoxy) is 1. The summed E-state index contributed by atoms with van der Waals surface area (Å²) in [7, 11) is 1.62. The molecule has 5 nitrogen and oxygen atoms in total. The van der Waals surface area contributed by atoms with E-state index in [-0.39, 0.29) is 5.91 Å². The van der Waals surface area contributed by atoms with Crippen LogP contribution in [0.1, 0.15) is 16.1 Å². The summed E-state index contributed by atoms with van der Waals surface area (Å²) in [5.74, 6) is 1.26. The minimum Gasteiger partial charge on any atom is -0.497 e. The fourth-order valence-corrected chi connectivity index (χ4v) is 2.59. The SMILES string of the molecule is COc1ccc(-c2cc(CNC(=O)c3cccc(Br)c3)no2)cc1. The van der Waals surface area contributed by atoms with E-state index in [0.29, 0.717) is 23.6 Å². The van der Waals surface area contributed by atoms with Gasteiger partial charge in [-0.1, -0.05) is 27.2 Å². The maximum Gasteiger partial charge on any atom is 0.251 e. The van der Waals surface area contributed by atoms with Gasteiger partial charge in [0.05, 0.1) is 13.7 Å². The molecule has 0 saturated heterocycles. The average Bonchev–Trinajstić information content (AvgIpc) is 3.09. The predicted octanol–water partition coefficient (Wildman–Crippen LogP) is 4.04. The van der Waals surface area contributed by atoms with Crippen LogP contribution in [-0.4, -0.2) is 18.2 Å². The number of benzene rings is 2. The highest BCUT2D eigenvalue weighted by molar-refractivity contribution is 9.10. The van der Waals surface area contributed by atoms with Crippen LogP contribution in [-0.2, 0) is 6.54 Å². The monoisotopic (exact) mass is 386 g/mol. The Labute approximate surface area is 147 Å². The number of halogens is 1. The smallest absolute Gasteiger partial charge is 0.251 e. The van der Waals surface area contributed by atoms with Crippen molar-refractivity contribution in [3.63, 3.8) is 0 Å². The topological polar surface area (TPSA) is 64.4 Å². The third kappa shape index (κ3) is 3.83. The molecule has 0 aliphatic heterocycles. The van der Waals surface area contributed by atoms with E-state index in [9.17, 15) is 4.79 Å². The zero-order valence-electron chi connectivity index (χ0n) is 13.0. The second kappa shape index (κ2) is 7.31. The molecule has 0 aliphatic carbocycles. The van der Waals surface area contributed by atoms with Gasteiger partial charge in [0.25, 0.3) is 5.91 Å². The average molecular weight is 387 g/mol. The highest BCUT2D eigenvalue weighted by atomic mass is 79.9. The van der Waals surface area contributed by atoms with Crippen molar-refractivity contribution in [2.24, 2.45) is 0 Å². The molecule has 1 heterocycles. The summed E-state index contributed by atoms with van der Waals surface area (Å²) in [5, 5.41) is 6.81. The number of rotatable bonds is 5. The van der Waals surface area contributed by atoms with Gasteiger partial charge in [0.1, 0.15) is 11.4 Å².